The summed E-state index contributed by atoms with van der Waals surface area (Å²) in [6.45, 7) is 0. The molecule has 6 rings (SSSR count). The summed E-state index contributed by atoms with van der Waals surface area (Å²) in [6, 6.07) is 32.9. The number of hydrogen-bond donors (Lipinski definition) is 0. The zero-order valence-corrected chi connectivity index (χ0v) is 19.0. The first-order chi connectivity index (χ1) is 17.6. The molecule has 0 aliphatic heterocycles. The molecule has 0 unspecified atom stereocenters. The molecule has 0 amide bonds. The highest BCUT2D eigenvalue weighted by molar-refractivity contribution is 6.19. The van der Waals surface area contributed by atoms with Crippen LogP contribution in [0.3, 0.4) is 0 Å². The van der Waals surface area contributed by atoms with Gasteiger partial charge in [-0.1, -0.05) is 72.8 Å². The highest BCUT2D eigenvalue weighted by Crippen LogP contribution is 2.41. The molecule has 0 N–H and O–H groups in total. The van der Waals surface area contributed by atoms with E-state index in [1.165, 1.54) is 12.1 Å². The van der Waals surface area contributed by atoms with Crippen LogP contribution in [0.4, 0.5) is 5.69 Å². The van der Waals surface area contributed by atoms with Gasteiger partial charge in [-0.05, 0) is 29.8 Å². The molecule has 6 heteroatoms. The fourth-order valence-electron chi connectivity index (χ4n) is 4.68. The second-order valence-corrected chi connectivity index (χ2v) is 8.45. The summed E-state index contributed by atoms with van der Waals surface area (Å²) in [7, 11) is 0. The van der Waals surface area contributed by atoms with Crippen molar-refractivity contribution in [1.82, 2.24) is 9.38 Å². The molecule has 36 heavy (non-hydrogen) atoms. The molecule has 0 aliphatic rings. The van der Waals surface area contributed by atoms with Crippen LogP contribution >= 0.6 is 0 Å². The van der Waals surface area contributed by atoms with E-state index in [-0.39, 0.29) is 11.5 Å². The summed E-state index contributed by atoms with van der Waals surface area (Å²) >= 11 is 0. The first kappa shape index (κ1) is 21.4. The smallest absolute Gasteiger partial charge is 0.270 e. The topological polar surface area (TPSA) is 77.5 Å². The summed E-state index contributed by atoms with van der Waals surface area (Å²) in [6.07, 6.45) is 1.89. The highest BCUT2D eigenvalue weighted by atomic mass is 16.6. The number of nitrogens with zero attached hydrogens (tertiary/aromatic N) is 3. The van der Waals surface area contributed by atoms with Crippen LogP contribution in [0.5, 0.6) is 0 Å². The first-order valence-electron chi connectivity index (χ1n) is 11.5. The zero-order valence-electron chi connectivity index (χ0n) is 19.0. The second kappa shape index (κ2) is 8.60. The fraction of sp³-hybridized carbons (Fsp3) is 0. The van der Waals surface area contributed by atoms with E-state index >= 15 is 0 Å². The molecule has 6 aromatic rings. The third kappa shape index (κ3) is 3.52. The Labute approximate surface area is 206 Å². The molecule has 0 saturated heterocycles. The molecular formula is C30H19N3O3. The Balaban J connectivity index is 1.73. The van der Waals surface area contributed by atoms with Gasteiger partial charge in [0.25, 0.3) is 5.69 Å². The number of para-hydroxylation sites is 1. The van der Waals surface area contributed by atoms with Crippen LogP contribution in [0, 0.1) is 10.1 Å². The van der Waals surface area contributed by atoms with Gasteiger partial charge in [-0.25, -0.2) is 4.98 Å². The largest absolute Gasteiger partial charge is 0.314 e. The minimum atomic E-state index is -0.425. The average molecular weight is 470 g/mol. The van der Waals surface area contributed by atoms with Crippen LogP contribution in [0.2, 0.25) is 0 Å². The summed E-state index contributed by atoms with van der Waals surface area (Å²) in [5.74, 6) is -0.159. The van der Waals surface area contributed by atoms with E-state index in [9.17, 15) is 14.9 Å². The molecule has 0 radical (unpaired) electrons. The Morgan fingerprint density at radius 1 is 0.806 bits per heavy atom. The molecule has 6 nitrogen and oxygen atoms in total. The van der Waals surface area contributed by atoms with E-state index in [1.807, 2.05) is 83.4 Å². The normalized spacial score (nSPS) is 11.1. The van der Waals surface area contributed by atoms with Crippen molar-refractivity contribution in [3.63, 3.8) is 0 Å². The molecule has 3 aromatic carbocycles. The fourth-order valence-corrected chi connectivity index (χ4v) is 4.68. The number of hydrogen-bond acceptors (Lipinski definition) is 4. The summed E-state index contributed by atoms with van der Waals surface area (Å²) in [5.41, 5.74) is 5.07. The van der Waals surface area contributed by atoms with Gasteiger partial charge in [-0.2, -0.15) is 0 Å². The Morgan fingerprint density at radius 2 is 1.58 bits per heavy atom. The third-order valence-electron chi connectivity index (χ3n) is 6.29. The third-order valence-corrected chi connectivity index (χ3v) is 6.29. The van der Waals surface area contributed by atoms with E-state index in [1.54, 1.807) is 24.3 Å². The van der Waals surface area contributed by atoms with E-state index in [0.717, 1.165) is 10.9 Å². The summed E-state index contributed by atoms with van der Waals surface area (Å²) in [4.78, 5) is 30.1. The maximum absolute atomic E-state index is 14.0. The van der Waals surface area contributed by atoms with Crippen molar-refractivity contribution in [1.29, 1.82) is 0 Å². The Hall–Kier alpha value is -5.10. The predicted octanol–water partition coefficient (Wildman–Crippen LogP) is 6.96. The Kier molecular flexibility index (Phi) is 5.12. The van der Waals surface area contributed by atoms with E-state index in [0.29, 0.717) is 39.2 Å². The lowest BCUT2D eigenvalue weighted by molar-refractivity contribution is -0.384. The van der Waals surface area contributed by atoms with Crippen molar-refractivity contribution < 1.29 is 9.72 Å². The van der Waals surface area contributed by atoms with Crippen LogP contribution < -0.4 is 0 Å². The van der Waals surface area contributed by atoms with Crippen molar-refractivity contribution in [3.05, 3.63) is 137 Å². The molecule has 0 bridgehead atoms. The lowest BCUT2D eigenvalue weighted by Gasteiger charge is -2.09. The molecule has 0 saturated carbocycles. The van der Waals surface area contributed by atoms with Gasteiger partial charge < -0.3 is 4.40 Å². The SMILES string of the molecule is O=C(c1ccccc1)c1c(-c2cccc([N+](=O)[O-])c2)c(-c2ccc3ccccc3n2)n2ccccc12. The van der Waals surface area contributed by atoms with Gasteiger partial charge in [-0.15, -0.1) is 0 Å². The highest BCUT2D eigenvalue weighted by Gasteiger charge is 2.27. The lowest BCUT2D eigenvalue weighted by Crippen LogP contribution is -2.02. The predicted molar refractivity (Wildman–Crippen MR) is 140 cm³/mol. The number of rotatable bonds is 5. The van der Waals surface area contributed by atoms with Gasteiger partial charge in [0.2, 0.25) is 0 Å². The molecular weight excluding hydrogens is 450 g/mol. The number of carbonyl (C=O) groups is 1. The summed E-state index contributed by atoms with van der Waals surface area (Å²) < 4.78 is 1.95. The van der Waals surface area contributed by atoms with Gasteiger partial charge in [0.15, 0.2) is 5.78 Å². The standard InChI is InChI=1S/C30H19N3O3/c34-30(21-10-2-1-3-11-21)28-26-15-6-7-18-32(26)29(25-17-16-20-9-4-5-14-24(20)31-25)27(28)22-12-8-13-23(19-22)33(35)36/h1-19H. The van der Waals surface area contributed by atoms with Crippen molar-refractivity contribution in [2.45, 2.75) is 0 Å². The number of nitro benzene ring substituents is 1. The van der Waals surface area contributed by atoms with E-state index in [2.05, 4.69) is 0 Å². The molecule has 0 spiro atoms. The molecule has 0 aliphatic carbocycles. The van der Waals surface area contributed by atoms with Gasteiger partial charge in [0.05, 0.1) is 32.9 Å². The number of pyridine rings is 2. The average Bonchev–Trinajstić information content (AvgIpc) is 3.28. The second-order valence-electron chi connectivity index (χ2n) is 8.45. The number of fused-ring (bicyclic) bond motifs is 2. The van der Waals surface area contributed by atoms with Gasteiger partial charge >= 0.3 is 0 Å². The lowest BCUT2D eigenvalue weighted by atomic mass is 9.93. The zero-order chi connectivity index (χ0) is 24.6. The molecule has 172 valence electrons. The van der Waals surface area contributed by atoms with Crippen molar-refractivity contribution in [2.75, 3.05) is 0 Å². The molecule has 0 fully saturated rings. The van der Waals surface area contributed by atoms with Crippen molar-refractivity contribution >= 4 is 27.9 Å². The number of non-ortho nitro benzene ring substituents is 1. The Morgan fingerprint density at radius 3 is 2.42 bits per heavy atom. The minimum absolute atomic E-state index is 0.0433. The van der Waals surface area contributed by atoms with Crippen molar-refractivity contribution in [2.24, 2.45) is 0 Å². The van der Waals surface area contributed by atoms with Crippen LogP contribution in [-0.4, -0.2) is 20.1 Å². The maximum atomic E-state index is 14.0. The van der Waals surface area contributed by atoms with E-state index < -0.39 is 4.92 Å². The molecule has 3 heterocycles. The van der Waals surface area contributed by atoms with Crippen molar-refractivity contribution in [3.8, 4) is 22.5 Å². The first-order valence-corrected chi connectivity index (χ1v) is 11.5. The maximum Gasteiger partial charge on any atom is 0.270 e. The number of benzene rings is 3. The van der Waals surface area contributed by atoms with Gasteiger partial charge in [-0.3, -0.25) is 14.9 Å². The number of carbonyl (C=O) groups excluding carboxylic acids is 1. The van der Waals surface area contributed by atoms with Gasteiger partial charge in [0, 0.05) is 34.8 Å². The number of ketones is 1. The van der Waals surface area contributed by atoms with Crippen LogP contribution in [0.1, 0.15) is 15.9 Å². The van der Waals surface area contributed by atoms with Crippen LogP contribution in [-0.2, 0) is 0 Å². The van der Waals surface area contributed by atoms with Crippen LogP contribution in [0.15, 0.2) is 115 Å². The molecule has 0 atom stereocenters. The number of aromatic nitrogens is 2. The molecule has 3 aromatic heterocycles. The Bertz CT molecular complexity index is 1790. The van der Waals surface area contributed by atoms with E-state index in [4.69, 9.17) is 4.98 Å². The summed E-state index contributed by atoms with van der Waals surface area (Å²) in [5, 5.41) is 12.6. The minimum Gasteiger partial charge on any atom is -0.314 e. The quantitative estimate of drug-likeness (QED) is 0.155. The van der Waals surface area contributed by atoms with Gasteiger partial charge in [0.1, 0.15) is 0 Å². The van der Waals surface area contributed by atoms with Crippen LogP contribution in [0.25, 0.3) is 38.9 Å². The monoisotopic (exact) mass is 469 g/mol. The number of nitro groups is 1.